The van der Waals surface area contributed by atoms with Crippen LogP contribution >= 0.6 is 11.6 Å². The smallest absolute Gasteiger partial charge is 0.277 e. The Balaban J connectivity index is 2.56. The maximum absolute atomic E-state index is 12.7. The minimum Gasteiger partial charge on any atom is -0.396 e. The molecule has 1 heterocycles. The van der Waals surface area contributed by atoms with Crippen molar-refractivity contribution >= 4 is 32.9 Å². The molecule has 0 unspecified atom stereocenters. The lowest BCUT2D eigenvalue weighted by molar-refractivity contribution is 0.103. The summed E-state index contributed by atoms with van der Waals surface area (Å²) in [4.78, 5) is 24.8. The van der Waals surface area contributed by atoms with Crippen LogP contribution in [-0.2, 0) is 16.4 Å². The number of aliphatic hydroxyl groups excluding tert-OH is 1. The van der Waals surface area contributed by atoms with Crippen LogP contribution in [0, 0.1) is 0 Å². The molecule has 0 spiro atoms. The van der Waals surface area contributed by atoms with Gasteiger partial charge in [-0.15, -0.1) is 0 Å². The lowest BCUT2D eigenvalue weighted by atomic mass is 10.1. The van der Waals surface area contributed by atoms with Crippen LogP contribution in [-0.4, -0.2) is 48.5 Å². The first-order valence-electron chi connectivity index (χ1n) is 7.92. The van der Waals surface area contributed by atoms with E-state index in [4.69, 9.17) is 16.7 Å². The van der Waals surface area contributed by atoms with Crippen LogP contribution < -0.4 is 10.9 Å². The number of aromatic amines is 1. The lowest BCUT2D eigenvalue weighted by Gasteiger charge is -2.15. The van der Waals surface area contributed by atoms with Gasteiger partial charge in [0.2, 0.25) is 5.78 Å². The number of hydrogen-bond acceptors (Lipinski definition) is 6. The molecule has 1 aromatic heterocycles. The van der Waals surface area contributed by atoms with Gasteiger partial charge in [-0.05, 0) is 25.5 Å². The van der Waals surface area contributed by atoms with E-state index in [2.05, 4.69) is 10.4 Å². The van der Waals surface area contributed by atoms with E-state index in [1.807, 2.05) is 0 Å². The Kier molecular flexibility index (Phi) is 6.27. The number of H-pyrrole nitrogens is 1. The predicted molar refractivity (Wildman–Crippen MR) is 98.9 cm³/mol. The number of ketones is 1. The minimum absolute atomic E-state index is 0.0184. The van der Waals surface area contributed by atoms with Gasteiger partial charge in [0.15, 0.2) is 9.84 Å². The van der Waals surface area contributed by atoms with Gasteiger partial charge in [0.05, 0.1) is 15.6 Å². The molecule has 0 saturated heterocycles. The maximum atomic E-state index is 12.7. The SMILES string of the molecule is CCn1[nH]cc(C(=O)c2ccc(S(C)(=O)=O)c(NCCCO)c2Cl)c1=O. The number of aromatic nitrogens is 2. The molecule has 142 valence electrons. The molecule has 26 heavy (non-hydrogen) atoms. The fourth-order valence-electron chi connectivity index (χ4n) is 2.45. The van der Waals surface area contributed by atoms with Crippen LogP contribution in [0.2, 0.25) is 5.02 Å². The third-order valence-electron chi connectivity index (χ3n) is 3.79. The molecule has 0 radical (unpaired) electrons. The molecule has 3 N–H and O–H groups in total. The van der Waals surface area contributed by atoms with Gasteiger partial charge in [-0.1, -0.05) is 11.6 Å². The highest BCUT2D eigenvalue weighted by atomic mass is 35.5. The molecule has 0 aliphatic carbocycles. The van der Waals surface area contributed by atoms with Crippen molar-refractivity contribution in [3.63, 3.8) is 0 Å². The van der Waals surface area contributed by atoms with E-state index in [9.17, 15) is 18.0 Å². The highest BCUT2D eigenvalue weighted by Gasteiger charge is 2.24. The van der Waals surface area contributed by atoms with Crippen LogP contribution in [0.3, 0.4) is 0 Å². The van der Waals surface area contributed by atoms with E-state index in [1.54, 1.807) is 6.92 Å². The largest absolute Gasteiger partial charge is 0.396 e. The van der Waals surface area contributed by atoms with E-state index in [-0.39, 0.29) is 39.9 Å². The highest BCUT2D eigenvalue weighted by Crippen LogP contribution is 2.33. The van der Waals surface area contributed by atoms with Crippen LogP contribution in [0.4, 0.5) is 5.69 Å². The lowest BCUT2D eigenvalue weighted by Crippen LogP contribution is -2.21. The number of carbonyl (C=O) groups is 1. The van der Waals surface area contributed by atoms with Crippen molar-refractivity contribution in [1.29, 1.82) is 0 Å². The van der Waals surface area contributed by atoms with Gasteiger partial charge >= 0.3 is 0 Å². The number of nitrogens with zero attached hydrogens (tertiary/aromatic N) is 1. The second-order valence-electron chi connectivity index (χ2n) is 5.64. The molecule has 2 aromatic rings. The summed E-state index contributed by atoms with van der Waals surface area (Å²) in [5.41, 5.74) is -0.456. The standard InChI is InChI=1S/C16H20ClN3O5S/c1-3-20-16(23)11(9-19-20)15(22)10-5-6-12(26(2,24)25)14(13(10)17)18-7-4-8-21/h5-6,9,18-19,21H,3-4,7-8H2,1-2H3. The topological polar surface area (TPSA) is 121 Å². The molecule has 0 fully saturated rings. The van der Waals surface area contributed by atoms with Crippen molar-refractivity contribution in [2.75, 3.05) is 24.7 Å². The molecule has 0 amide bonds. The Morgan fingerprint density at radius 1 is 1.35 bits per heavy atom. The zero-order valence-electron chi connectivity index (χ0n) is 14.4. The molecule has 2 rings (SSSR count). The molecule has 8 nitrogen and oxygen atoms in total. The van der Waals surface area contributed by atoms with Gasteiger partial charge in [-0.25, -0.2) is 8.42 Å². The number of aryl methyl sites for hydroxylation is 1. The summed E-state index contributed by atoms with van der Waals surface area (Å²) < 4.78 is 25.3. The molecule has 0 aliphatic heterocycles. The van der Waals surface area contributed by atoms with Crippen LogP contribution in [0.15, 0.2) is 28.0 Å². The van der Waals surface area contributed by atoms with E-state index >= 15 is 0 Å². The molecule has 0 bridgehead atoms. The number of anilines is 1. The van der Waals surface area contributed by atoms with Gasteiger partial charge in [-0.2, -0.15) is 0 Å². The Hall–Kier alpha value is -2.10. The predicted octanol–water partition coefficient (Wildman–Crippen LogP) is 1.28. The molecule has 0 saturated carbocycles. The van der Waals surface area contributed by atoms with Crippen LogP contribution in [0.25, 0.3) is 0 Å². The molecular weight excluding hydrogens is 382 g/mol. The average Bonchev–Trinajstić information content (AvgIpc) is 2.95. The summed E-state index contributed by atoms with van der Waals surface area (Å²) in [5.74, 6) is -0.603. The number of carbonyl (C=O) groups excluding carboxylic acids is 1. The molecule has 0 aliphatic rings. The van der Waals surface area contributed by atoms with Crippen molar-refractivity contribution in [3.05, 3.63) is 44.8 Å². The van der Waals surface area contributed by atoms with Crippen LogP contribution in [0.1, 0.15) is 29.3 Å². The van der Waals surface area contributed by atoms with E-state index in [0.29, 0.717) is 13.0 Å². The summed E-state index contributed by atoms with van der Waals surface area (Å²) in [6.07, 6.45) is 2.70. The van der Waals surface area contributed by atoms with Crippen molar-refractivity contribution in [2.45, 2.75) is 24.8 Å². The first kappa shape index (κ1) is 20.2. The zero-order valence-corrected chi connectivity index (χ0v) is 15.9. The zero-order chi connectivity index (χ0) is 19.5. The Morgan fingerprint density at radius 3 is 2.58 bits per heavy atom. The Morgan fingerprint density at radius 2 is 2.04 bits per heavy atom. The quantitative estimate of drug-likeness (QED) is 0.452. The Labute approximate surface area is 155 Å². The van der Waals surface area contributed by atoms with Crippen molar-refractivity contribution in [1.82, 2.24) is 9.78 Å². The Bertz CT molecular complexity index is 978. The number of aliphatic hydroxyl groups is 1. The van der Waals surface area contributed by atoms with Crippen molar-refractivity contribution in [3.8, 4) is 0 Å². The first-order chi connectivity index (χ1) is 12.2. The number of halogens is 1. The van der Waals surface area contributed by atoms with E-state index in [0.717, 1.165) is 6.26 Å². The van der Waals surface area contributed by atoms with E-state index < -0.39 is 21.2 Å². The van der Waals surface area contributed by atoms with Crippen molar-refractivity contribution < 1.29 is 18.3 Å². The van der Waals surface area contributed by atoms with Gasteiger partial charge < -0.3 is 15.5 Å². The van der Waals surface area contributed by atoms with Crippen molar-refractivity contribution in [2.24, 2.45) is 0 Å². The minimum atomic E-state index is -3.60. The fourth-order valence-corrected chi connectivity index (χ4v) is 3.68. The number of rotatable bonds is 8. The molecule has 0 atom stereocenters. The first-order valence-corrected chi connectivity index (χ1v) is 10.2. The van der Waals surface area contributed by atoms with Gasteiger partial charge in [-0.3, -0.25) is 14.3 Å². The summed E-state index contributed by atoms with van der Waals surface area (Å²) in [6, 6.07) is 2.57. The summed E-state index contributed by atoms with van der Waals surface area (Å²) in [6.45, 7) is 2.31. The van der Waals surface area contributed by atoms with Gasteiger partial charge in [0, 0.05) is 37.7 Å². The number of nitrogens with one attached hydrogen (secondary N) is 2. The second kappa shape index (κ2) is 8.07. The molecule has 10 heteroatoms. The van der Waals surface area contributed by atoms with Gasteiger partial charge in [0.1, 0.15) is 5.56 Å². The monoisotopic (exact) mass is 401 g/mol. The number of sulfone groups is 1. The summed E-state index contributed by atoms with van der Waals surface area (Å²) >= 11 is 6.31. The highest BCUT2D eigenvalue weighted by molar-refractivity contribution is 7.90. The average molecular weight is 402 g/mol. The van der Waals surface area contributed by atoms with E-state index in [1.165, 1.54) is 23.0 Å². The fraction of sp³-hybridized carbons (Fsp3) is 0.375. The summed E-state index contributed by atoms with van der Waals surface area (Å²) in [7, 11) is -3.60. The van der Waals surface area contributed by atoms with Crippen LogP contribution in [0.5, 0.6) is 0 Å². The number of benzene rings is 1. The normalized spacial score (nSPS) is 11.5. The molecule has 1 aromatic carbocycles. The van der Waals surface area contributed by atoms with Gasteiger partial charge in [0.25, 0.3) is 5.56 Å². The maximum Gasteiger partial charge on any atom is 0.277 e. The third kappa shape index (κ3) is 4.00. The molecular formula is C16H20ClN3O5S. The summed E-state index contributed by atoms with van der Waals surface area (Å²) in [5, 5.41) is 14.4. The third-order valence-corrected chi connectivity index (χ3v) is 5.32. The number of hydrogen-bond donors (Lipinski definition) is 3. The second-order valence-corrected chi connectivity index (χ2v) is 8.00.